The third kappa shape index (κ3) is 2.75. The molecule has 1 aliphatic heterocycles. The van der Waals surface area contributed by atoms with Crippen molar-refractivity contribution in [3.05, 3.63) is 18.0 Å². The first-order valence-corrected chi connectivity index (χ1v) is 7.06. The second kappa shape index (κ2) is 5.85. The van der Waals surface area contributed by atoms with E-state index in [0.717, 1.165) is 38.9 Å². The lowest BCUT2D eigenvalue weighted by atomic mass is 9.90. The molecule has 1 spiro atoms. The number of aromatic nitrogens is 2. The van der Waals surface area contributed by atoms with Crippen molar-refractivity contribution in [1.82, 2.24) is 9.78 Å². The summed E-state index contributed by atoms with van der Waals surface area (Å²) in [4.78, 5) is 0. The number of rotatable bonds is 1. The highest BCUT2D eigenvalue weighted by atomic mass is 16.7. The highest BCUT2D eigenvalue weighted by molar-refractivity contribution is 5.01. The summed E-state index contributed by atoms with van der Waals surface area (Å²) in [7, 11) is 0. The molecule has 1 aromatic rings. The predicted molar refractivity (Wildman–Crippen MR) is 70.5 cm³/mol. The molecular formula is C14H24N2O2. The second-order valence-corrected chi connectivity index (χ2v) is 4.84. The molecule has 1 aromatic heterocycles. The van der Waals surface area contributed by atoms with E-state index in [1.807, 2.05) is 20.0 Å². The van der Waals surface area contributed by atoms with Crippen molar-refractivity contribution in [3.8, 4) is 0 Å². The topological polar surface area (TPSA) is 36.3 Å². The maximum Gasteiger partial charge on any atom is 0.168 e. The molecule has 3 rings (SSSR count). The highest BCUT2D eigenvalue weighted by Crippen LogP contribution is 2.39. The van der Waals surface area contributed by atoms with Crippen molar-refractivity contribution < 1.29 is 9.47 Å². The van der Waals surface area contributed by atoms with Crippen molar-refractivity contribution in [2.45, 2.75) is 58.3 Å². The average molecular weight is 252 g/mol. The van der Waals surface area contributed by atoms with Crippen molar-refractivity contribution in [2.24, 2.45) is 0 Å². The van der Waals surface area contributed by atoms with Gasteiger partial charge >= 0.3 is 0 Å². The minimum absolute atomic E-state index is 0.251. The molecule has 1 saturated carbocycles. The van der Waals surface area contributed by atoms with Gasteiger partial charge in [-0.3, -0.25) is 4.68 Å². The third-order valence-corrected chi connectivity index (χ3v) is 3.64. The number of aryl methyl sites for hydroxylation is 1. The molecule has 0 N–H and O–H groups in total. The normalized spacial score (nSPS) is 22.8. The van der Waals surface area contributed by atoms with Gasteiger partial charge in [-0.2, -0.15) is 5.10 Å². The fourth-order valence-corrected chi connectivity index (χ4v) is 2.73. The van der Waals surface area contributed by atoms with Crippen LogP contribution in [0.2, 0.25) is 0 Å². The molecule has 1 aliphatic carbocycles. The van der Waals surface area contributed by atoms with E-state index >= 15 is 0 Å². The Morgan fingerprint density at radius 1 is 1.22 bits per heavy atom. The molecule has 1 saturated heterocycles. The summed E-state index contributed by atoms with van der Waals surface area (Å²) >= 11 is 0. The average Bonchev–Trinajstić information content (AvgIpc) is 3.03. The highest BCUT2D eigenvalue weighted by Gasteiger charge is 2.40. The lowest BCUT2D eigenvalue weighted by Gasteiger charge is -2.35. The molecule has 0 radical (unpaired) electrons. The number of nitrogens with zero attached hydrogens (tertiary/aromatic N) is 2. The largest absolute Gasteiger partial charge is 0.348 e. The van der Waals surface area contributed by atoms with Crippen LogP contribution in [0.3, 0.4) is 0 Å². The molecular weight excluding hydrogens is 228 g/mol. The molecule has 0 atom stereocenters. The van der Waals surface area contributed by atoms with Gasteiger partial charge in [0.1, 0.15) is 0 Å². The maximum absolute atomic E-state index is 5.72. The van der Waals surface area contributed by atoms with E-state index in [4.69, 9.17) is 9.47 Å². The van der Waals surface area contributed by atoms with Gasteiger partial charge in [-0.15, -0.1) is 0 Å². The lowest BCUT2D eigenvalue weighted by molar-refractivity contribution is -0.181. The summed E-state index contributed by atoms with van der Waals surface area (Å²) in [6.07, 6.45) is 8.24. The van der Waals surface area contributed by atoms with E-state index in [0.29, 0.717) is 6.04 Å². The monoisotopic (exact) mass is 252 g/mol. The van der Waals surface area contributed by atoms with Gasteiger partial charge in [-0.1, -0.05) is 13.8 Å². The SMILES string of the molecule is CC.Cc1cnn(C2CCC3(CC2)OCCO3)c1. The number of hydrogen-bond acceptors (Lipinski definition) is 3. The Kier molecular flexibility index (Phi) is 4.40. The zero-order valence-electron chi connectivity index (χ0n) is 11.7. The quantitative estimate of drug-likeness (QED) is 0.770. The predicted octanol–water partition coefficient (Wildman–Crippen LogP) is 3.08. The Balaban J connectivity index is 0.000000574. The van der Waals surface area contributed by atoms with Gasteiger partial charge in [0.15, 0.2) is 5.79 Å². The first-order chi connectivity index (χ1) is 8.77. The van der Waals surface area contributed by atoms with E-state index in [9.17, 15) is 0 Å². The van der Waals surface area contributed by atoms with E-state index in [2.05, 4.69) is 22.9 Å². The second-order valence-electron chi connectivity index (χ2n) is 4.84. The Morgan fingerprint density at radius 3 is 2.33 bits per heavy atom. The van der Waals surface area contributed by atoms with Crippen LogP contribution in [0.1, 0.15) is 51.1 Å². The van der Waals surface area contributed by atoms with Crippen LogP contribution < -0.4 is 0 Å². The van der Waals surface area contributed by atoms with Crippen LogP contribution in [0.4, 0.5) is 0 Å². The van der Waals surface area contributed by atoms with Gasteiger partial charge in [0, 0.05) is 19.0 Å². The first-order valence-electron chi connectivity index (χ1n) is 7.06. The fourth-order valence-electron chi connectivity index (χ4n) is 2.73. The van der Waals surface area contributed by atoms with Crippen LogP contribution in [0, 0.1) is 6.92 Å². The van der Waals surface area contributed by atoms with Gasteiger partial charge in [0.2, 0.25) is 0 Å². The molecule has 2 aliphatic rings. The van der Waals surface area contributed by atoms with Crippen molar-refractivity contribution in [1.29, 1.82) is 0 Å². The summed E-state index contributed by atoms with van der Waals surface area (Å²) in [6.45, 7) is 7.59. The van der Waals surface area contributed by atoms with Crippen molar-refractivity contribution in [3.63, 3.8) is 0 Å². The zero-order chi connectivity index (χ0) is 13.0. The number of ether oxygens (including phenoxy) is 2. The standard InChI is InChI=1S/C12H18N2O2.C2H6/c1-10-8-13-14(9-10)11-2-4-12(5-3-11)15-6-7-16-12;1-2/h8-9,11H,2-7H2,1H3;1-2H3. The molecule has 0 unspecified atom stereocenters. The Morgan fingerprint density at radius 2 is 1.83 bits per heavy atom. The third-order valence-electron chi connectivity index (χ3n) is 3.64. The maximum atomic E-state index is 5.72. The van der Waals surface area contributed by atoms with E-state index in [1.165, 1.54) is 5.56 Å². The molecule has 0 amide bonds. The fraction of sp³-hybridized carbons (Fsp3) is 0.786. The summed E-state index contributed by atoms with van der Waals surface area (Å²) in [5.74, 6) is -0.251. The Bertz CT molecular complexity index is 360. The van der Waals surface area contributed by atoms with Crippen LogP contribution in [0.15, 0.2) is 12.4 Å². The van der Waals surface area contributed by atoms with Crippen LogP contribution in [-0.2, 0) is 9.47 Å². The van der Waals surface area contributed by atoms with Gasteiger partial charge in [0.05, 0.1) is 25.5 Å². The van der Waals surface area contributed by atoms with E-state index < -0.39 is 0 Å². The molecule has 2 fully saturated rings. The summed E-state index contributed by atoms with van der Waals surface area (Å²) in [6, 6.07) is 0.520. The van der Waals surface area contributed by atoms with E-state index in [-0.39, 0.29) is 5.79 Å². The summed E-state index contributed by atoms with van der Waals surface area (Å²) < 4.78 is 13.5. The summed E-state index contributed by atoms with van der Waals surface area (Å²) in [5, 5.41) is 4.39. The van der Waals surface area contributed by atoms with Gasteiger partial charge < -0.3 is 9.47 Å². The lowest BCUT2D eigenvalue weighted by Crippen LogP contribution is -2.35. The van der Waals surface area contributed by atoms with Crippen LogP contribution >= 0.6 is 0 Å². The first kappa shape index (κ1) is 13.6. The molecule has 18 heavy (non-hydrogen) atoms. The van der Waals surface area contributed by atoms with E-state index in [1.54, 1.807) is 0 Å². The smallest absolute Gasteiger partial charge is 0.168 e. The molecule has 4 heteroatoms. The molecule has 0 aromatic carbocycles. The molecule has 2 heterocycles. The van der Waals surface area contributed by atoms with Gasteiger partial charge in [-0.05, 0) is 25.3 Å². The molecule has 102 valence electrons. The minimum atomic E-state index is -0.251. The Labute approximate surface area is 109 Å². The minimum Gasteiger partial charge on any atom is -0.348 e. The number of hydrogen-bond donors (Lipinski definition) is 0. The Hall–Kier alpha value is -0.870. The van der Waals surface area contributed by atoms with Crippen molar-refractivity contribution in [2.75, 3.05) is 13.2 Å². The van der Waals surface area contributed by atoms with Crippen LogP contribution in [0.5, 0.6) is 0 Å². The van der Waals surface area contributed by atoms with Crippen LogP contribution in [0.25, 0.3) is 0 Å². The van der Waals surface area contributed by atoms with Crippen molar-refractivity contribution >= 4 is 0 Å². The zero-order valence-corrected chi connectivity index (χ0v) is 11.7. The van der Waals surface area contributed by atoms with Gasteiger partial charge in [-0.25, -0.2) is 0 Å². The molecule has 0 bridgehead atoms. The van der Waals surface area contributed by atoms with Gasteiger partial charge in [0.25, 0.3) is 0 Å². The van der Waals surface area contributed by atoms with Crippen LogP contribution in [-0.4, -0.2) is 28.8 Å². The molecule has 4 nitrogen and oxygen atoms in total. The summed E-state index contributed by atoms with van der Waals surface area (Å²) in [5.41, 5.74) is 1.23.